The first-order valence-corrected chi connectivity index (χ1v) is 7.09. The maximum Gasteiger partial charge on any atom is 0.376 e. The van der Waals surface area contributed by atoms with E-state index in [4.69, 9.17) is 14.2 Å². The van der Waals surface area contributed by atoms with Crippen LogP contribution < -0.4 is 4.90 Å². The Morgan fingerprint density at radius 3 is 2.86 bits per heavy atom. The highest BCUT2D eigenvalue weighted by atomic mass is 16.7. The number of carbonyl (C=O) groups excluding carboxylic acids is 1. The van der Waals surface area contributed by atoms with E-state index in [1.54, 1.807) is 0 Å². The second kappa shape index (κ2) is 5.57. The molecule has 0 atom stereocenters. The molecular weight excluding hydrogens is 274 g/mol. The lowest BCUT2D eigenvalue weighted by atomic mass is 10.0. The summed E-state index contributed by atoms with van der Waals surface area (Å²) in [5.74, 6) is -0.260. The average molecular weight is 293 g/mol. The lowest BCUT2D eigenvalue weighted by Crippen LogP contribution is -2.49. The Labute approximate surface area is 123 Å². The van der Waals surface area contributed by atoms with Crippen molar-refractivity contribution >= 4 is 11.8 Å². The van der Waals surface area contributed by atoms with Gasteiger partial charge in [-0.15, -0.1) is 0 Å². The molecule has 0 unspecified atom stereocenters. The predicted molar refractivity (Wildman–Crippen MR) is 74.2 cm³/mol. The van der Waals surface area contributed by atoms with Crippen molar-refractivity contribution in [1.29, 1.82) is 0 Å². The molecule has 1 aromatic heterocycles. The Balaban J connectivity index is 1.85. The van der Waals surface area contributed by atoms with Crippen LogP contribution in [0.1, 0.15) is 29.2 Å². The first-order chi connectivity index (χ1) is 10.1. The molecule has 21 heavy (non-hydrogen) atoms. The Morgan fingerprint density at radius 1 is 1.38 bits per heavy atom. The second-order valence-corrected chi connectivity index (χ2v) is 5.32. The third-order valence-corrected chi connectivity index (χ3v) is 3.76. The number of aryl methyl sites for hydroxylation is 1. The van der Waals surface area contributed by atoms with Crippen LogP contribution in [0.25, 0.3) is 0 Å². The average Bonchev–Trinajstić information content (AvgIpc) is 2.93. The standard InChI is InChI=1S/C14H19N3O4/c1-10-8-11(16-12(15-10)13(18)19-2)17-5-3-4-14(9-17)20-6-7-21-14/h8H,3-7,9H2,1-2H3. The summed E-state index contributed by atoms with van der Waals surface area (Å²) < 4.78 is 16.2. The molecule has 7 heteroatoms. The van der Waals surface area contributed by atoms with Crippen LogP contribution in [-0.2, 0) is 14.2 Å². The molecule has 2 aliphatic rings. The van der Waals surface area contributed by atoms with Gasteiger partial charge >= 0.3 is 5.97 Å². The highest BCUT2D eigenvalue weighted by molar-refractivity contribution is 5.85. The second-order valence-electron chi connectivity index (χ2n) is 5.32. The maximum atomic E-state index is 11.6. The summed E-state index contributed by atoms with van der Waals surface area (Å²) in [5, 5.41) is 0. The molecule has 2 saturated heterocycles. The van der Waals surface area contributed by atoms with E-state index in [0.717, 1.165) is 25.1 Å². The number of hydrogen-bond acceptors (Lipinski definition) is 7. The van der Waals surface area contributed by atoms with Crippen molar-refractivity contribution in [2.45, 2.75) is 25.6 Å². The Hall–Kier alpha value is -1.73. The molecule has 0 bridgehead atoms. The SMILES string of the molecule is COC(=O)c1nc(C)cc(N2CCCC3(C2)OCCO3)n1. The van der Waals surface area contributed by atoms with E-state index in [2.05, 4.69) is 14.9 Å². The van der Waals surface area contributed by atoms with E-state index in [-0.39, 0.29) is 5.82 Å². The lowest BCUT2D eigenvalue weighted by molar-refractivity contribution is -0.161. The predicted octanol–water partition coefficient (Wildman–Crippen LogP) is 0.915. The van der Waals surface area contributed by atoms with Crippen LogP contribution in [-0.4, -0.2) is 55.1 Å². The summed E-state index contributed by atoms with van der Waals surface area (Å²) >= 11 is 0. The summed E-state index contributed by atoms with van der Waals surface area (Å²) in [6.07, 6.45) is 1.84. The highest BCUT2D eigenvalue weighted by Crippen LogP contribution is 2.32. The van der Waals surface area contributed by atoms with Crippen molar-refractivity contribution in [3.8, 4) is 0 Å². The number of anilines is 1. The fourth-order valence-corrected chi connectivity index (χ4v) is 2.81. The van der Waals surface area contributed by atoms with Crippen molar-refractivity contribution in [3.63, 3.8) is 0 Å². The summed E-state index contributed by atoms with van der Waals surface area (Å²) in [4.78, 5) is 22.1. The van der Waals surface area contributed by atoms with Gasteiger partial charge in [-0.2, -0.15) is 0 Å². The molecule has 0 N–H and O–H groups in total. The molecule has 2 aliphatic heterocycles. The smallest absolute Gasteiger partial charge is 0.376 e. The lowest BCUT2D eigenvalue weighted by Gasteiger charge is -2.39. The minimum atomic E-state index is -0.528. The first-order valence-electron chi connectivity index (χ1n) is 7.09. The molecule has 3 heterocycles. The van der Waals surface area contributed by atoms with Crippen LogP contribution in [0.3, 0.4) is 0 Å². The molecule has 0 saturated carbocycles. The van der Waals surface area contributed by atoms with Crippen molar-refractivity contribution in [3.05, 3.63) is 17.6 Å². The molecule has 1 spiro atoms. The van der Waals surface area contributed by atoms with Gasteiger partial charge in [0.05, 0.1) is 26.9 Å². The van der Waals surface area contributed by atoms with Crippen LogP contribution >= 0.6 is 0 Å². The van der Waals surface area contributed by atoms with Crippen LogP contribution in [0.4, 0.5) is 5.82 Å². The largest absolute Gasteiger partial charge is 0.463 e. The number of nitrogens with zero attached hydrogens (tertiary/aromatic N) is 3. The summed E-state index contributed by atoms with van der Waals surface area (Å²) in [6, 6.07) is 1.86. The number of piperidine rings is 1. The summed E-state index contributed by atoms with van der Waals surface area (Å²) in [5.41, 5.74) is 0.730. The van der Waals surface area contributed by atoms with Crippen molar-refractivity contribution in [2.24, 2.45) is 0 Å². The monoisotopic (exact) mass is 293 g/mol. The molecule has 1 aromatic rings. The summed E-state index contributed by atoms with van der Waals surface area (Å²) in [6.45, 7) is 4.56. The molecule has 0 aromatic carbocycles. The number of hydrogen-bond donors (Lipinski definition) is 0. The van der Waals surface area contributed by atoms with E-state index in [1.165, 1.54) is 7.11 Å². The van der Waals surface area contributed by atoms with E-state index in [9.17, 15) is 4.79 Å². The molecule has 0 aliphatic carbocycles. The van der Waals surface area contributed by atoms with Crippen molar-refractivity contribution < 1.29 is 19.0 Å². The minimum Gasteiger partial charge on any atom is -0.463 e. The number of ether oxygens (including phenoxy) is 3. The van der Waals surface area contributed by atoms with Gasteiger partial charge in [-0.1, -0.05) is 0 Å². The third-order valence-electron chi connectivity index (χ3n) is 3.76. The van der Waals surface area contributed by atoms with Crippen molar-refractivity contribution in [2.75, 3.05) is 38.3 Å². The van der Waals surface area contributed by atoms with Gasteiger partial charge < -0.3 is 19.1 Å². The van der Waals surface area contributed by atoms with E-state index in [1.807, 2.05) is 13.0 Å². The number of carbonyl (C=O) groups is 1. The zero-order valence-electron chi connectivity index (χ0n) is 12.3. The molecule has 3 rings (SSSR count). The van der Waals surface area contributed by atoms with Gasteiger partial charge in [0, 0.05) is 24.7 Å². The zero-order valence-corrected chi connectivity index (χ0v) is 12.3. The van der Waals surface area contributed by atoms with Crippen LogP contribution in [0.15, 0.2) is 6.07 Å². The molecular formula is C14H19N3O4. The van der Waals surface area contributed by atoms with Gasteiger partial charge in [-0.05, 0) is 13.3 Å². The molecule has 7 nitrogen and oxygen atoms in total. The topological polar surface area (TPSA) is 73.8 Å². The van der Waals surface area contributed by atoms with Crippen LogP contribution in [0.2, 0.25) is 0 Å². The van der Waals surface area contributed by atoms with Gasteiger partial charge in [0.2, 0.25) is 5.82 Å². The quantitative estimate of drug-likeness (QED) is 0.750. The van der Waals surface area contributed by atoms with Gasteiger partial charge in [-0.3, -0.25) is 0 Å². The molecule has 2 fully saturated rings. The fourth-order valence-electron chi connectivity index (χ4n) is 2.81. The first kappa shape index (κ1) is 14.2. The Bertz CT molecular complexity index is 543. The maximum absolute atomic E-state index is 11.6. The number of esters is 1. The third kappa shape index (κ3) is 2.84. The van der Waals surface area contributed by atoms with E-state index >= 15 is 0 Å². The highest BCUT2D eigenvalue weighted by Gasteiger charge is 2.41. The van der Waals surface area contributed by atoms with E-state index < -0.39 is 11.8 Å². The Morgan fingerprint density at radius 2 is 2.14 bits per heavy atom. The molecule has 114 valence electrons. The number of rotatable bonds is 2. The van der Waals surface area contributed by atoms with Crippen LogP contribution in [0.5, 0.6) is 0 Å². The van der Waals surface area contributed by atoms with Gasteiger partial charge in [-0.25, -0.2) is 14.8 Å². The fraction of sp³-hybridized carbons (Fsp3) is 0.643. The number of aromatic nitrogens is 2. The van der Waals surface area contributed by atoms with Crippen molar-refractivity contribution in [1.82, 2.24) is 9.97 Å². The van der Waals surface area contributed by atoms with Crippen LogP contribution in [0, 0.1) is 6.92 Å². The molecule has 0 radical (unpaired) electrons. The Kier molecular flexibility index (Phi) is 3.77. The molecule has 0 amide bonds. The van der Waals surface area contributed by atoms with Gasteiger partial charge in [0.1, 0.15) is 5.82 Å². The number of methoxy groups -OCH3 is 1. The van der Waals surface area contributed by atoms with E-state index in [0.29, 0.717) is 25.6 Å². The normalized spacial score (nSPS) is 20.8. The zero-order chi connectivity index (χ0) is 14.9. The van der Waals surface area contributed by atoms with Gasteiger partial charge in [0.15, 0.2) is 5.79 Å². The van der Waals surface area contributed by atoms with Gasteiger partial charge in [0.25, 0.3) is 0 Å². The minimum absolute atomic E-state index is 0.0837. The summed E-state index contributed by atoms with van der Waals surface area (Å²) in [7, 11) is 1.32.